The molecule has 0 aliphatic carbocycles. The summed E-state index contributed by atoms with van der Waals surface area (Å²) in [6, 6.07) is 1.88. The Morgan fingerprint density at radius 2 is 2.21 bits per heavy atom. The van der Waals surface area contributed by atoms with Crippen LogP contribution in [0.5, 0.6) is 0 Å². The first-order valence-corrected chi connectivity index (χ1v) is 6.99. The first kappa shape index (κ1) is 15.7. The summed E-state index contributed by atoms with van der Waals surface area (Å²) in [6.07, 6.45) is 1.69. The van der Waals surface area contributed by atoms with E-state index in [0.717, 1.165) is 31.6 Å². The molecule has 1 N–H and O–H groups in total. The molecule has 1 unspecified atom stereocenters. The van der Waals surface area contributed by atoms with Gasteiger partial charge in [-0.25, -0.2) is 0 Å². The molecule has 0 radical (unpaired) electrons. The van der Waals surface area contributed by atoms with Crippen LogP contribution in [-0.4, -0.2) is 34.9 Å². The monoisotopic (exact) mass is 267 g/mol. The summed E-state index contributed by atoms with van der Waals surface area (Å²) in [5.41, 5.74) is 2.22. The van der Waals surface area contributed by atoms with E-state index >= 15 is 0 Å². The standard InChI is InChI=1S/C14H25N3O2/c1-5-13(14(18)19-6-2)15-8-7-9-17-12(4)10-11(3)16-17/h10,13,15H,5-9H2,1-4H3. The minimum absolute atomic E-state index is 0.156. The number of ether oxygens (including phenoxy) is 1. The average Bonchev–Trinajstić information content (AvgIpc) is 2.68. The molecule has 1 aromatic rings. The van der Waals surface area contributed by atoms with Crippen molar-refractivity contribution in [3.05, 3.63) is 17.5 Å². The summed E-state index contributed by atoms with van der Waals surface area (Å²) in [7, 11) is 0. The molecule has 5 nitrogen and oxygen atoms in total. The van der Waals surface area contributed by atoms with Crippen molar-refractivity contribution in [2.45, 2.75) is 53.1 Å². The van der Waals surface area contributed by atoms with E-state index < -0.39 is 0 Å². The molecule has 1 atom stereocenters. The van der Waals surface area contributed by atoms with E-state index in [2.05, 4.69) is 23.4 Å². The molecule has 0 amide bonds. The zero-order valence-corrected chi connectivity index (χ0v) is 12.4. The van der Waals surface area contributed by atoms with Crippen LogP contribution in [0.1, 0.15) is 38.1 Å². The van der Waals surface area contributed by atoms with Gasteiger partial charge < -0.3 is 10.1 Å². The van der Waals surface area contributed by atoms with Crippen LogP contribution in [0.4, 0.5) is 0 Å². The van der Waals surface area contributed by atoms with Crippen LogP contribution in [0.15, 0.2) is 6.07 Å². The lowest BCUT2D eigenvalue weighted by Gasteiger charge is -2.15. The van der Waals surface area contributed by atoms with Crippen molar-refractivity contribution in [1.82, 2.24) is 15.1 Å². The smallest absolute Gasteiger partial charge is 0.323 e. The van der Waals surface area contributed by atoms with E-state index in [1.807, 2.05) is 25.5 Å². The Kier molecular flexibility index (Phi) is 6.56. The summed E-state index contributed by atoms with van der Waals surface area (Å²) >= 11 is 0. The first-order chi connectivity index (χ1) is 9.08. The second-order valence-corrected chi connectivity index (χ2v) is 4.67. The van der Waals surface area contributed by atoms with Crippen molar-refractivity contribution in [3.8, 4) is 0 Å². The highest BCUT2D eigenvalue weighted by molar-refractivity contribution is 5.75. The van der Waals surface area contributed by atoms with E-state index in [1.54, 1.807) is 0 Å². The number of rotatable bonds is 8. The van der Waals surface area contributed by atoms with Crippen molar-refractivity contribution >= 4 is 5.97 Å². The first-order valence-electron chi connectivity index (χ1n) is 6.99. The highest BCUT2D eigenvalue weighted by Crippen LogP contribution is 2.02. The number of aromatic nitrogens is 2. The topological polar surface area (TPSA) is 56.1 Å². The maximum absolute atomic E-state index is 11.6. The third-order valence-electron chi connectivity index (χ3n) is 3.02. The van der Waals surface area contributed by atoms with Gasteiger partial charge in [-0.3, -0.25) is 9.48 Å². The van der Waals surface area contributed by atoms with Crippen LogP contribution in [0, 0.1) is 13.8 Å². The molecule has 0 aliphatic rings. The van der Waals surface area contributed by atoms with Gasteiger partial charge in [0.2, 0.25) is 0 Å². The number of nitrogens with one attached hydrogen (secondary N) is 1. The van der Waals surface area contributed by atoms with E-state index in [-0.39, 0.29) is 12.0 Å². The fraction of sp³-hybridized carbons (Fsp3) is 0.714. The van der Waals surface area contributed by atoms with E-state index in [4.69, 9.17) is 4.74 Å². The lowest BCUT2D eigenvalue weighted by atomic mass is 10.2. The minimum Gasteiger partial charge on any atom is -0.465 e. The molecule has 0 saturated heterocycles. The van der Waals surface area contributed by atoms with Gasteiger partial charge in [0.15, 0.2) is 0 Å². The van der Waals surface area contributed by atoms with Crippen LogP contribution < -0.4 is 5.32 Å². The lowest BCUT2D eigenvalue weighted by Crippen LogP contribution is -2.38. The van der Waals surface area contributed by atoms with Crippen LogP contribution in [0.25, 0.3) is 0 Å². The fourth-order valence-electron chi connectivity index (χ4n) is 2.04. The Labute approximate surface area is 115 Å². The number of aryl methyl sites for hydroxylation is 3. The Hall–Kier alpha value is -1.36. The van der Waals surface area contributed by atoms with E-state index in [1.165, 1.54) is 5.69 Å². The molecule has 0 aromatic carbocycles. The fourth-order valence-corrected chi connectivity index (χ4v) is 2.04. The van der Waals surface area contributed by atoms with Gasteiger partial charge in [0.1, 0.15) is 6.04 Å². The zero-order chi connectivity index (χ0) is 14.3. The van der Waals surface area contributed by atoms with Crippen molar-refractivity contribution < 1.29 is 9.53 Å². The number of nitrogens with zero attached hydrogens (tertiary/aromatic N) is 2. The number of hydrogen-bond donors (Lipinski definition) is 1. The molecule has 0 spiro atoms. The summed E-state index contributed by atoms with van der Waals surface area (Å²) in [4.78, 5) is 11.6. The number of esters is 1. The third kappa shape index (κ3) is 5.03. The quantitative estimate of drug-likeness (QED) is 0.576. The molecule has 0 saturated carbocycles. The molecule has 19 heavy (non-hydrogen) atoms. The largest absolute Gasteiger partial charge is 0.465 e. The molecule has 1 aromatic heterocycles. The molecular formula is C14H25N3O2. The van der Waals surface area contributed by atoms with Gasteiger partial charge in [-0.1, -0.05) is 6.92 Å². The number of hydrogen-bond acceptors (Lipinski definition) is 4. The zero-order valence-electron chi connectivity index (χ0n) is 12.4. The van der Waals surface area contributed by atoms with E-state index in [9.17, 15) is 4.79 Å². The third-order valence-corrected chi connectivity index (χ3v) is 3.02. The van der Waals surface area contributed by atoms with Crippen LogP contribution in [-0.2, 0) is 16.1 Å². The summed E-state index contributed by atoms with van der Waals surface area (Å²) in [5, 5.41) is 7.64. The normalized spacial score (nSPS) is 12.4. The summed E-state index contributed by atoms with van der Waals surface area (Å²) in [6.45, 7) is 9.95. The molecule has 0 aliphatic heterocycles. The molecule has 1 heterocycles. The van der Waals surface area contributed by atoms with Crippen molar-refractivity contribution in [2.24, 2.45) is 0 Å². The highest BCUT2D eigenvalue weighted by Gasteiger charge is 2.16. The Morgan fingerprint density at radius 1 is 1.47 bits per heavy atom. The predicted molar refractivity (Wildman–Crippen MR) is 75.0 cm³/mol. The maximum atomic E-state index is 11.6. The van der Waals surface area contributed by atoms with Crippen LogP contribution in [0.3, 0.4) is 0 Å². The van der Waals surface area contributed by atoms with Gasteiger partial charge in [0.05, 0.1) is 12.3 Å². The molecule has 0 fully saturated rings. The molecule has 108 valence electrons. The highest BCUT2D eigenvalue weighted by atomic mass is 16.5. The van der Waals surface area contributed by atoms with Crippen LogP contribution in [0.2, 0.25) is 0 Å². The average molecular weight is 267 g/mol. The number of carbonyl (C=O) groups excluding carboxylic acids is 1. The number of carbonyl (C=O) groups is 1. The molecule has 5 heteroatoms. The Bertz CT molecular complexity index is 401. The lowest BCUT2D eigenvalue weighted by molar-refractivity contribution is -0.145. The Balaban J connectivity index is 2.29. The SMILES string of the molecule is CCOC(=O)C(CC)NCCCn1nc(C)cc1C. The van der Waals surface area contributed by atoms with E-state index in [0.29, 0.717) is 6.61 Å². The second-order valence-electron chi connectivity index (χ2n) is 4.67. The maximum Gasteiger partial charge on any atom is 0.323 e. The molecular weight excluding hydrogens is 242 g/mol. The van der Waals surface area contributed by atoms with Crippen LogP contribution >= 0.6 is 0 Å². The van der Waals surface area contributed by atoms with Gasteiger partial charge in [0.25, 0.3) is 0 Å². The Morgan fingerprint density at radius 3 is 2.74 bits per heavy atom. The summed E-state index contributed by atoms with van der Waals surface area (Å²) < 4.78 is 7.02. The van der Waals surface area contributed by atoms with Gasteiger partial charge in [0, 0.05) is 12.2 Å². The van der Waals surface area contributed by atoms with Gasteiger partial charge in [-0.05, 0) is 46.2 Å². The summed E-state index contributed by atoms with van der Waals surface area (Å²) in [5.74, 6) is -0.156. The molecule has 0 bridgehead atoms. The van der Waals surface area contributed by atoms with Crippen molar-refractivity contribution in [1.29, 1.82) is 0 Å². The minimum atomic E-state index is -0.194. The van der Waals surface area contributed by atoms with Gasteiger partial charge in [-0.15, -0.1) is 0 Å². The van der Waals surface area contributed by atoms with Crippen molar-refractivity contribution in [3.63, 3.8) is 0 Å². The predicted octanol–water partition coefficient (Wildman–Crippen LogP) is 1.82. The molecule has 1 rings (SSSR count). The van der Waals surface area contributed by atoms with Gasteiger partial charge in [-0.2, -0.15) is 5.10 Å². The van der Waals surface area contributed by atoms with Gasteiger partial charge >= 0.3 is 5.97 Å². The second kappa shape index (κ2) is 7.94. The van der Waals surface area contributed by atoms with Crippen molar-refractivity contribution in [2.75, 3.05) is 13.2 Å².